The van der Waals surface area contributed by atoms with Crippen LogP contribution in [-0.2, 0) is 0 Å². The van der Waals surface area contributed by atoms with E-state index in [1.165, 1.54) is 0 Å². The third kappa shape index (κ3) is 2.99. The number of hydrogen-bond donors (Lipinski definition) is 2. The van der Waals surface area contributed by atoms with E-state index >= 15 is 0 Å². The van der Waals surface area contributed by atoms with Gasteiger partial charge in [0.05, 0.1) is 0 Å². The standard InChI is InChI=1S/C6H16N2/c1-6(2,8-4)5-7-3/h7-8H,5H2,1-4H3. The first kappa shape index (κ1) is 7.92. The van der Waals surface area contributed by atoms with Crippen molar-refractivity contribution in [2.45, 2.75) is 19.4 Å². The highest BCUT2D eigenvalue weighted by Gasteiger charge is 2.11. The van der Waals surface area contributed by atoms with Crippen molar-refractivity contribution in [3.63, 3.8) is 0 Å². The van der Waals surface area contributed by atoms with Gasteiger partial charge in [0.2, 0.25) is 0 Å². The van der Waals surface area contributed by atoms with Crippen molar-refractivity contribution in [1.82, 2.24) is 10.6 Å². The van der Waals surface area contributed by atoms with E-state index in [9.17, 15) is 0 Å². The summed E-state index contributed by atoms with van der Waals surface area (Å²) in [6, 6.07) is 0. The Morgan fingerprint density at radius 1 is 1.25 bits per heavy atom. The lowest BCUT2D eigenvalue weighted by molar-refractivity contribution is 0.408. The van der Waals surface area contributed by atoms with Crippen molar-refractivity contribution < 1.29 is 0 Å². The molecule has 0 rings (SSSR count). The van der Waals surface area contributed by atoms with E-state index in [1.807, 2.05) is 14.1 Å². The number of hydrogen-bond acceptors (Lipinski definition) is 2. The molecule has 0 unspecified atom stereocenters. The van der Waals surface area contributed by atoms with Crippen molar-refractivity contribution in [2.75, 3.05) is 20.6 Å². The molecule has 0 aromatic carbocycles. The van der Waals surface area contributed by atoms with E-state index in [2.05, 4.69) is 24.5 Å². The van der Waals surface area contributed by atoms with Gasteiger partial charge in [-0.1, -0.05) is 0 Å². The van der Waals surface area contributed by atoms with Crippen molar-refractivity contribution in [2.24, 2.45) is 0 Å². The molecule has 50 valence electrons. The Bertz CT molecular complexity index is 59.5. The van der Waals surface area contributed by atoms with E-state index < -0.39 is 0 Å². The number of likely N-dealkylation sites (N-methyl/N-ethyl adjacent to an activating group) is 2. The molecule has 0 radical (unpaired) electrons. The van der Waals surface area contributed by atoms with E-state index in [0.717, 1.165) is 6.54 Å². The van der Waals surface area contributed by atoms with Crippen LogP contribution in [0.5, 0.6) is 0 Å². The van der Waals surface area contributed by atoms with Gasteiger partial charge in [-0.25, -0.2) is 0 Å². The Hall–Kier alpha value is -0.0800. The van der Waals surface area contributed by atoms with Crippen LogP contribution < -0.4 is 10.6 Å². The van der Waals surface area contributed by atoms with E-state index in [-0.39, 0.29) is 5.54 Å². The van der Waals surface area contributed by atoms with Crippen molar-refractivity contribution in [3.05, 3.63) is 0 Å². The fourth-order valence-electron chi connectivity index (χ4n) is 0.530. The molecule has 2 N–H and O–H groups in total. The summed E-state index contributed by atoms with van der Waals surface area (Å²) in [6.45, 7) is 5.32. The van der Waals surface area contributed by atoms with E-state index in [1.54, 1.807) is 0 Å². The second-order valence-electron chi connectivity index (χ2n) is 2.66. The maximum Gasteiger partial charge on any atom is 0.0246 e. The van der Waals surface area contributed by atoms with Crippen LogP contribution in [0.15, 0.2) is 0 Å². The lowest BCUT2D eigenvalue weighted by Crippen LogP contribution is -2.44. The van der Waals surface area contributed by atoms with Gasteiger partial charge >= 0.3 is 0 Å². The SMILES string of the molecule is CNCC(C)(C)NC. The summed E-state index contributed by atoms with van der Waals surface area (Å²) >= 11 is 0. The summed E-state index contributed by atoms with van der Waals surface area (Å²) in [5.74, 6) is 0. The maximum absolute atomic E-state index is 3.18. The van der Waals surface area contributed by atoms with E-state index in [4.69, 9.17) is 0 Å². The minimum Gasteiger partial charge on any atom is -0.318 e. The van der Waals surface area contributed by atoms with Crippen LogP contribution in [0.3, 0.4) is 0 Å². The Morgan fingerprint density at radius 3 is 1.88 bits per heavy atom. The largest absolute Gasteiger partial charge is 0.318 e. The summed E-state index contributed by atoms with van der Waals surface area (Å²) in [5.41, 5.74) is 0.231. The van der Waals surface area contributed by atoms with Gasteiger partial charge in [0.25, 0.3) is 0 Å². The molecule has 0 atom stereocenters. The second-order valence-corrected chi connectivity index (χ2v) is 2.66. The molecule has 0 bridgehead atoms. The van der Waals surface area contributed by atoms with Crippen LogP contribution in [0.1, 0.15) is 13.8 Å². The van der Waals surface area contributed by atoms with Gasteiger partial charge in [0.1, 0.15) is 0 Å². The fourth-order valence-corrected chi connectivity index (χ4v) is 0.530. The first-order valence-electron chi connectivity index (χ1n) is 2.96. The normalized spacial score (nSPS) is 12.0. The molecule has 0 saturated heterocycles. The topological polar surface area (TPSA) is 24.1 Å². The number of nitrogens with one attached hydrogen (secondary N) is 2. The first-order valence-corrected chi connectivity index (χ1v) is 2.96. The van der Waals surface area contributed by atoms with Crippen LogP contribution in [0.2, 0.25) is 0 Å². The highest BCUT2D eigenvalue weighted by molar-refractivity contribution is 4.76. The molecule has 0 aromatic rings. The van der Waals surface area contributed by atoms with Gasteiger partial charge in [-0.3, -0.25) is 0 Å². The minimum absolute atomic E-state index is 0.231. The summed E-state index contributed by atoms with van der Waals surface area (Å²) in [6.07, 6.45) is 0. The minimum atomic E-state index is 0.231. The molecule has 0 aliphatic rings. The van der Waals surface area contributed by atoms with Crippen LogP contribution >= 0.6 is 0 Å². The lowest BCUT2D eigenvalue weighted by Gasteiger charge is -2.22. The van der Waals surface area contributed by atoms with E-state index in [0.29, 0.717) is 0 Å². The summed E-state index contributed by atoms with van der Waals surface area (Å²) in [7, 11) is 3.93. The van der Waals surface area contributed by atoms with Gasteiger partial charge in [-0.15, -0.1) is 0 Å². The zero-order valence-electron chi connectivity index (χ0n) is 6.21. The Morgan fingerprint density at radius 2 is 1.75 bits per heavy atom. The zero-order chi connectivity index (χ0) is 6.62. The molecule has 8 heavy (non-hydrogen) atoms. The van der Waals surface area contributed by atoms with Gasteiger partial charge in [0, 0.05) is 12.1 Å². The Balaban J connectivity index is 3.37. The molecular formula is C6H16N2. The lowest BCUT2D eigenvalue weighted by atomic mass is 10.1. The summed E-state index contributed by atoms with van der Waals surface area (Å²) in [4.78, 5) is 0. The summed E-state index contributed by atoms with van der Waals surface area (Å²) in [5, 5.41) is 6.28. The second kappa shape index (κ2) is 3.05. The fraction of sp³-hybridized carbons (Fsp3) is 1.00. The third-order valence-electron chi connectivity index (χ3n) is 1.30. The van der Waals surface area contributed by atoms with Crippen molar-refractivity contribution >= 4 is 0 Å². The smallest absolute Gasteiger partial charge is 0.0246 e. The van der Waals surface area contributed by atoms with Gasteiger partial charge in [0.15, 0.2) is 0 Å². The van der Waals surface area contributed by atoms with Gasteiger partial charge in [-0.2, -0.15) is 0 Å². The van der Waals surface area contributed by atoms with Crippen LogP contribution in [0.4, 0.5) is 0 Å². The molecule has 0 heterocycles. The average Bonchev–Trinajstić information content (AvgIpc) is 1.67. The highest BCUT2D eigenvalue weighted by Crippen LogP contribution is 1.95. The maximum atomic E-state index is 3.18. The molecular weight excluding hydrogens is 100 g/mol. The first-order chi connectivity index (χ1) is 3.62. The summed E-state index contributed by atoms with van der Waals surface area (Å²) < 4.78 is 0. The molecule has 0 spiro atoms. The van der Waals surface area contributed by atoms with Crippen LogP contribution in [-0.4, -0.2) is 26.2 Å². The molecule has 0 aromatic heterocycles. The monoisotopic (exact) mass is 116 g/mol. The quantitative estimate of drug-likeness (QED) is 0.550. The molecule has 0 saturated carbocycles. The highest BCUT2D eigenvalue weighted by atomic mass is 15.0. The number of rotatable bonds is 3. The van der Waals surface area contributed by atoms with Crippen molar-refractivity contribution in [3.8, 4) is 0 Å². The Kier molecular flexibility index (Phi) is 3.02. The van der Waals surface area contributed by atoms with Gasteiger partial charge in [-0.05, 0) is 27.9 Å². The molecule has 0 amide bonds. The Labute approximate surface area is 51.7 Å². The van der Waals surface area contributed by atoms with Crippen LogP contribution in [0.25, 0.3) is 0 Å². The molecule has 0 aliphatic carbocycles. The third-order valence-corrected chi connectivity index (χ3v) is 1.30. The molecule has 2 nitrogen and oxygen atoms in total. The van der Waals surface area contributed by atoms with Crippen molar-refractivity contribution in [1.29, 1.82) is 0 Å². The van der Waals surface area contributed by atoms with Crippen LogP contribution in [0, 0.1) is 0 Å². The predicted octanol–water partition coefficient (Wildman–Crippen LogP) is 0.204. The predicted molar refractivity (Wildman–Crippen MR) is 37.1 cm³/mol. The average molecular weight is 116 g/mol. The molecule has 0 aliphatic heterocycles. The molecule has 2 heteroatoms. The zero-order valence-corrected chi connectivity index (χ0v) is 6.21. The van der Waals surface area contributed by atoms with Gasteiger partial charge < -0.3 is 10.6 Å². The molecule has 0 fully saturated rings.